The van der Waals surface area contributed by atoms with E-state index < -0.39 is 5.82 Å². The van der Waals surface area contributed by atoms with Gasteiger partial charge in [-0.3, -0.25) is 4.79 Å². The van der Waals surface area contributed by atoms with Gasteiger partial charge in [0.2, 0.25) is 5.91 Å². The molecule has 0 heterocycles. The maximum Gasteiger partial charge on any atom is 0.220 e. The summed E-state index contributed by atoms with van der Waals surface area (Å²) in [6, 6.07) is 4.71. The number of methoxy groups -OCH3 is 1. The van der Waals surface area contributed by atoms with E-state index in [0.717, 1.165) is 5.56 Å². The molecule has 0 spiro atoms. The van der Waals surface area contributed by atoms with E-state index in [1.54, 1.807) is 19.1 Å². The Morgan fingerprint density at radius 2 is 2.14 bits per heavy atom. The fraction of sp³-hybridized carbons (Fsp3) is 0.562. The summed E-state index contributed by atoms with van der Waals surface area (Å²) in [5.74, 6) is -0.0489. The molecule has 4 nitrogen and oxygen atoms in total. The fourth-order valence-corrected chi connectivity index (χ4v) is 2.17. The van der Waals surface area contributed by atoms with Gasteiger partial charge in [0.05, 0.1) is 13.2 Å². The lowest BCUT2D eigenvalue weighted by Gasteiger charge is -2.14. The van der Waals surface area contributed by atoms with Gasteiger partial charge in [-0.1, -0.05) is 13.0 Å². The molecular weight excluding hydrogens is 273 g/mol. The first-order chi connectivity index (χ1) is 9.92. The van der Waals surface area contributed by atoms with Crippen LogP contribution in [0.5, 0.6) is 5.75 Å². The highest BCUT2D eigenvalue weighted by atomic mass is 19.1. The monoisotopic (exact) mass is 297 g/mol. The SMILES string of the molecule is COc1ccc(CCC(=O)NCC(C)CC(C)O)cc1F. The third kappa shape index (κ3) is 6.58. The highest BCUT2D eigenvalue weighted by molar-refractivity contribution is 5.76. The van der Waals surface area contributed by atoms with Crippen LogP contribution >= 0.6 is 0 Å². The molecular formula is C16H24FNO3. The molecule has 0 fully saturated rings. The lowest BCUT2D eigenvalue weighted by Crippen LogP contribution is -2.29. The molecule has 1 rings (SSSR count). The summed E-state index contributed by atoms with van der Waals surface area (Å²) in [6.45, 7) is 4.25. The lowest BCUT2D eigenvalue weighted by atomic mass is 10.0. The Morgan fingerprint density at radius 3 is 2.71 bits per heavy atom. The molecule has 0 aliphatic rings. The van der Waals surface area contributed by atoms with Crippen LogP contribution in [0.3, 0.4) is 0 Å². The van der Waals surface area contributed by atoms with Gasteiger partial charge in [-0.2, -0.15) is 0 Å². The predicted octanol–water partition coefficient (Wildman–Crippen LogP) is 2.29. The van der Waals surface area contributed by atoms with Crippen molar-refractivity contribution in [1.29, 1.82) is 0 Å². The second-order valence-electron chi connectivity index (χ2n) is 5.46. The molecule has 1 aromatic rings. The molecule has 21 heavy (non-hydrogen) atoms. The molecule has 0 aliphatic carbocycles. The lowest BCUT2D eigenvalue weighted by molar-refractivity contribution is -0.121. The highest BCUT2D eigenvalue weighted by Crippen LogP contribution is 2.18. The molecule has 0 aliphatic heterocycles. The highest BCUT2D eigenvalue weighted by Gasteiger charge is 2.09. The number of rotatable bonds is 8. The molecule has 0 bridgehead atoms. The van der Waals surface area contributed by atoms with Crippen molar-refractivity contribution in [3.05, 3.63) is 29.6 Å². The van der Waals surface area contributed by atoms with E-state index in [9.17, 15) is 14.3 Å². The summed E-state index contributed by atoms with van der Waals surface area (Å²) >= 11 is 0. The van der Waals surface area contributed by atoms with Crippen LogP contribution in [0.1, 0.15) is 32.3 Å². The normalized spacial score (nSPS) is 13.6. The van der Waals surface area contributed by atoms with Crippen LogP contribution in [-0.4, -0.2) is 30.8 Å². The minimum absolute atomic E-state index is 0.0660. The third-order valence-corrected chi connectivity index (χ3v) is 3.25. The van der Waals surface area contributed by atoms with Crippen LogP contribution in [0.4, 0.5) is 4.39 Å². The molecule has 2 unspecified atom stereocenters. The maximum atomic E-state index is 13.5. The van der Waals surface area contributed by atoms with E-state index in [2.05, 4.69) is 5.32 Å². The Hall–Kier alpha value is -1.62. The average Bonchev–Trinajstić information content (AvgIpc) is 2.42. The van der Waals surface area contributed by atoms with E-state index >= 15 is 0 Å². The van der Waals surface area contributed by atoms with Crippen LogP contribution in [-0.2, 0) is 11.2 Å². The van der Waals surface area contributed by atoms with Crippen molar-refractivity contribution in [3.8, 4) is 5.75 Å². The summed E-state index contributed by atoms with van der Waals surface area (Å²) in [6.07, 6.45) is 1.09. The van der Waals surface area contributed by atoms with Crippen molar-refractivity contribution in [1.82, 2.24) is 5.32 Å². The van der Waals surface area contributed by atoms with Gasteiger partial charge in [-0.05, 0) is 43.4 Å². The Bertz CT molecular complexity index is 463. The van der Waals surface area contributed by atoms with Crippen LogP contribution in [0.2, 0.25) is 0 Å². The molecule has 0 saturated carbocycles. The number of amides is 1. The van der Waals surface area contributed by atoms with Gasteiger partial charge in [0.1, 0.15) is 0 Å². The molecule has 118 valence electrons. The number of hydrogen-bond donors (Lipinski definition) is 2. The quantitative estimate of drug-likeness (QED) is 0.774. The van der Waals surface area contributed by atoms with Crippen LogP contribution in [0.25, 0.3) is 0 Å². The van der Waals surface area contributed by atoms with Gasteiger partial charge >= 0.3 is 0 Å². The summed E-state index contributed by atoms with van der Waals surface area (Å²) in [7, 11) is 1.42. The summed E-state index contributed by atoms with van der Waals surface area (Å²) in [5.41, 5.74) is 0.764. The van der Waals surface area contributed by atoms with E-state index in [1.165, 1.54) is 13.2 Å². The van der Waals surface area contributed by atoms with Gasteiger partial charge in [0, 0.05) is 13.0 Å². The zero-order chi connectivity index (χ0) is 15.8. The summed E-state index contributed by atoms with van der Waals surface area (Å²) in [5, 5.41) is 12.1. The molecule has 5 heteroatoms. The minimum atomic E-state index is -0.416. The Balaban J connectivity index is 2.34. The van der Waals surface area contributed by atoms with E-state index in [4.69, 9.17) is 4.74 Å². The zero-order valence-electron chi connectivity index (χ0n) is 12.9. The van der Waals surface area contributed by atoms with Gasteiger partial charge in [-0.15, -0.1) is 0 Å². The van der Waals surface area contributed by atoms with Gasteiger partial charge in [0.15, 0.2) is 11.6 Å². The average molecular weight is 297 g/mol. The first kappa shape index (κ1) is 17.4. The van der Waals surface area contributed by atoms with Crippen LogP contribution in [0.15, 0.2) is 18.2 Å². The van der Waals surface area contributed by atoms with Crippen LogP contribution in [0, 0.1) is 11.7 Å². The molecule has 0 aromatic heterocycles. The molecule has 0 radical (unpaired) electrons. The number of carbonyl (C=O) groups excluding carboxylic acids is 1. The second-order valence-corrected chi connectivity index (χ2v) is 5.46. The Morgan fingerprint density at radius 1 is 1.43 bits per heavy atom. The molecule has 2 atom stereocenters. The van der Waals surface area contributed by atoms with Gasteiger partial charge < -0.3 is 15.2 Å². The number of hydrogen-bond acceptors (Lipinski definition) is 3. The van der Waals surface area contributed by atoms with E-state index in [1.807, 2.05) is 6.92 Å². The number of aryl methyl sites for hydroxylation is 1. The van der Waals surface area contributed by atoms with Crippen molar-refractivity contribution in [3.63, 3.8) is 0 Å². The standard InChI is InChI=1S/C16H24FNO3/c1-11(8-12(2)19)10-18-16(20)7-5-13-4-6-15(21-3)14(17)9-13/h4,6,9,11-12,19H,5,7-8,10H2,1-3H3,(H,18,20). The number of ether oxygens (including phenoxy) is 1. The van der Waals surface area contributed by atoms with Crippen LogP contribution < -0.4 is 10.1 Å². The summed E-state index contributed by atoms with van der Waals surface area (Å²) in [4.78, 5) is 11.7. The van der Waals surface area contributed by atoms with Crippen molar-refractivity contribution >= 4 is 5.91 Å². The number of halogens is 1. The van der Waals surface area contributed by atoms with E-state index in [-0.39, 0.29) is 23.7 Å². The maximum absolute atomic E-state index is 13.5. The predicted molar refractivity (Wildman–Crippen MR) is 79.7 cm³/mol. The van der Waals surface area contributed by atoms with Crippen molar-refractivity contribution < 1.29 is 19.0 Å². The number of benzene rings is 1. The number of nitrogens with one attached hydrogen (secondary N) is 1. The van der Waals surface area contributed by atoms with Crippen molar-refractivity contribution in [2.24, 2.45) is 5.92 Å². The minimum Gasteiger partial charge on any atom is -0.494 e. The zero-order valence-corrected chi connectivity index (χ0v) is 12.9. The number of aliphatic hydroxyl groups excluding tert-OH is 1. The third-order valence-electron chi connectivity index (χ3n) is 3.25. The molecule has 2 N–H and O–H groups in total. The molecule has 1 aromatic carbocycles. The van der Waals surface area contributed by atoms with Gasteiger partial charge in [-0.25, -0.2) is 4.39 Å². The topological polar surface area (TPSA) is 58.6 Å². The largest absolute Gasteiger partial charge is 0.494 e. The van der Waals surface area contributed by atoms with E-state index in [0.29, 0.717) is 25.8 Å². The van der Waals surface area contributed by atoms with Crippen molar-refractivity contribution in [2.45, 2.75) is 39.2 Å². The fourth-order valence-electron chi connectivity index (χ4n) is 2.17. The first-order valence-electron chi connectivity index (χ1n) is 7.19. The second kappa shape index (κ2) is 8.62. The first-order valence-corrected chi connectivity index (χ1v) is 7.19. The van der Waals surface area contributed by atoms with Gasteiger partial charge in [0.25, 0.3) is 0 Å². The Kier molecular flexibility index (Phi) is 7.15. The van der Waals surface area contributed by atoms with Crippen molar-refractivity contribution in [2.75, 3.05) is 13.7 Å². The smallest absolute Gasteiger partial charge is 0.220 e. The Labute approximate surface area is 125 Å². The number of aliphatic hydroxyl groups is 1. The number of carbonyl (C=O) groups is 1. The molecule has 0 saturated heterocycles. The summed E-state index contributed by atoms with van der Waals surface area (Å²) < 4.78 is 18.3. The molecule has 1 amide bonds.